The predicted octanol–water partition coefficient (Wildman–Crippen LogP) is 2.88. The van der Waals surface area contributed by atoms with Crippen LogP contribution in [0.2, 0.25) is 0 Å². The SMILES string of the molecule is C/C=C\C(=C/CC)CCC=O. The van der Waals surface area contributed by atoms with Gasteiger partial charge < -0.3 is 4.79 Å². The van der Waals surface area contributed by atoms with Crippen LogP contribution in [0.4, 0.5) is 0 Å². The lowest BCUT2D eigenvalue weighted by Crippen LogP contribution is -1.80. The Labute approximate surface area is 68.8 Å². The summed E-state index contributed by atoms with van der Waals surface area (Å²) in [5.41, 5.74) is 1.27. The Morgan fingerprint density at radius 2 is 2.18 bits per heavy atom. The molecule has 0 aliphatic carbocycles. The van der Waals surface area contributed by atoms with Gasteiger partial charge in [0.2, 0.25) is 0 Å². The van der Waals surface area contributed by atoms with Crippen LogP contribution in [-0.4, -0.2) is 6.29 Å². The minimum Gasteiger partial charge on any atom is -0.303 e. The molecule has 0 radical (unpaired) electrons. The first-order chi connectivity index (χ1) is 5.35. The number of carbonyl (C=O) groups is 1. The van der Waals surface area contributed by atoms with Gasteiger partial charge in [0.05, 0.1) is 0 Å². The second kappa shape index (κ2) is 7.26. The Morgan fingerprint density at radius 1 is 1.45 bits per heavy atom. The maximum Gasteiger partial charge on any atom is 0.120 e. The quantitative estimate of drug-likeness (QED) is 0.437. The highest BCUT2D eigenvalue weighted by molar-refractivity contribution is 5.50. The monoisotopic (exact) mass is 152 g/mol. The minimum absolute atomic E-state index is 0.635. The van der Waals surface area contributed by atoms with Crippen molar-refractivity contribution in [1.29, 1.82) is 0 Å². The molecular weight excluding hydrogens is 136 g/mol. The number of aldehydes is 1. The van der Waals surface area contributed by atoms with Crippen molar-refractivity contribution in [3.8, 4) is 0 Å². The van der Waals surface area contributed by atoms with Crippen molar-refractivity contribution in [3.05, 3.63) is 23.8 Å². The van der Waals surface area contributed by atoms with Crippen LogP contribution in [-0.2, 0) is 4.79 Å². The molecule has 0 fully saturated rings. The summed E-state index contributed by atoms with van der Waals surface area (Å²) < 4.78 is 0. The Balaban J connectivity index is 3.88. The second-order valence-electron chi connectivity index (χ2n) is 2.39. The van der Waals surface area contributed by atoms with Crippen molar-refractivity contribution in [2.24, 2.45) is 0 Å². The number of hydrogen-bond donors (Lipinski definition) is 0. The highest BCUT2D eigenvalue weighted by Crippen LogP contribution is 2.06. The normalized spacial score (nSPS) is 12.4. The largest absolute Gasteiger partial charge is 0.303 e. The van der Waals surface area contributed by atoms with Gasteiger partial charge in [-0.15, -0.1) is 0 Å². The Kier molecular flexibility index (Phi) is 6.70. The molecule has 0 saturated carbocycles. The van der Waals surface area contributed by atoms with E-state index in [0.717, 1.165) is 19.1 Å². The lowest BCUT2D eigenvalue weighted by molar-refractivity contribution is -0.107. The van der Waals surface area contributed by atoms with E-state index in [1.165, 1.54) is 5.57 Å². The molecule has 0 aliphatic heterocycles. The number of allylic oxidation sites excluding steroid dienone is 4. The molecule has 0 aromatic heterocycles. The molecule has 1 heteroatoms. The van der Waals surface area contributed by atoms with Crippen LogP contribution in [0, 0.1) is 0 Å². The Bertz CT molecular complexity index is 154. The molecule has 0 spiro atoms. The van der Waals surface area contributed by atoms with Crippen molar-refractivity contribution >= 4 is 6.29 Å². The molecular formula is C10H16O. The summed E-state index contributed by atoms with van der Waals surface area (Å²) in [7, 11) is 0. The lowest BCUT2D eigenvalue weighted by Gasteiger charge is -1.96. The number of hydrogen-bond acceptors (Lipinski definition) is 1. The molecule has 0 aromatic carbocycles. The average molecular weight is 152 g/mol. The summed E-state index contributed by atoms with van der Waals surface area (Å²) in [4.78, 5) is 10.1. The van der Waals surface area contributed by atoms with Crippen molar-refractivity contribution in [1.82, 2.24) is 0 Å². The molecule has 0 heterocycles. The summed E-state index contributed by atoms with van der Waals surface area (Å²) >= 11 is 0. The van der Waals surface area contributed by atoms with Gasteiger partial charge in [-0.05, 0) is 19.8 Å². The fraction of sp³-hybridized carbons (Fsp3) is 0.500. The summed E-state index contributed by atoms with van der Waals surface area (Å²) in [6.07, 6.45) is 9.74. The van der Waals surface area contributed by atoms with E-state index in [9.17, 15) is 4.79 Å². The van der Waals surface area contributed by atoms with Gasteiger partial charge in [-0.3, -0.25) is 0 Å². The molecule has 0 bridgehead atoms. The van der Waals surface area contributed by atoms with Crippen molar-refractivity contribution < 1.29 is 4.79 Å². The van der Waals surface area contributed by atoms with Crippen LogP contribution in [0.1, 0.15) is 33.1 Å². The van der Waals surface area contributed by atoms with Gasteiger partial charge in [0.15, 0.2) is 0 Å². The molecule has 0 atom stereocenters. The van der Waals surface area contributed by atoms with Gasteiger partial charge in [0, 0.05) is 6.42 Å². The van der Waals surface area contributed by atoms with E-state index in [4.69, 9.17) is 0 Å². The fourth-order valence-corrected chi connectivity index (χ4v) is 0.955. The van der Waals surface area contributed by atoms with Crippen LogP contribution in [0.3, 0.4) is 0 Å². The zero-order valence-corrected chi connectivity index (χ0v) is 7.34. The van der Waals surface area contributed by atoms with E-state index in [-0.39, 0.29) is 0 Å². The van der Waals surface area contributed by atoms with E-state index in [1.54, 1.807) is 0 Å². The molecule has 0 aliphatic rings. The van der Waals surface area contributed by atoms with E-state index >= 15 is 0 Å². The summed E-state index contributed by atoms with van der Waals surface area (Å²) in [6.45, 7) is 4.09. The third kappa shape index (κ3) is 5.59. The van der Waals surface area contributed by atoms with E-state index in [1.807, 2.05) is 13.0 Å². The molecule has 0 aromatic rings. The van der Waals surface area contributed by atoms with Gasteiger partial charge in [0.25, 0.3) is 0 Å². The van der Waals surface area contributed by atoms with Gasteiger partial charge in [0.1, 0.15) is 6.29 Å². The predicted molar refractivity (Wildman–Crippen MR) is 48.5 cm³/mol. The highest BCUT2D eigenvalue weighted by Gasteiger charge is 1.89. The smallest absolute Gasteiger partial charge is 0.120 e. The molecule has 0 saturated heterocycles. The number of carbonyl (C=O) groups excluding carboxylic acids is 1. The third-order valence-corrected chi connectivity index (χ3v) is 1.40. The minimum atomic E-state index is 0.635. The first kappa shape index (κ1) is 10.2. The molecule has 0 rings (SSSR count). The first-order valence-electron chi connectivity index (χ1n) is 4.10. The molecule has 0 unspecified atom stereocenters. The third-order valence-electron chi connectivity index (χ3n) is 1.40. The van der Waals surface area contributed by atoms with Crippen LogP contribution in [0.15, 0.2) is 23.8 Å². The van der Waals surface area contributed by atoms with Gasteiger partial charge in [-0.25, -0.2) is 0 Å². The molecule has 1 nitrogen and oxygen atoms in total. The van der Waals surface area contributed by atoms with E-state index in [0.29, 0.717) is 6.42 Å². The van der Waals surface area contributed by atoms with Crippen LogP contribution in [0.5, 0.6) is 0 Å². The van der Waals surface area contributed by atoms with Gasteiger partial charge in [-0.2, -0.15) is 0 Å². The zero-order valence-electron chi connectivity index (χ0n) is 7.34. The molecule has 0 N–H and O–H groups in total. The van der Waals surface area contributed by atoms with Gasteiger partial charge in [-0.1, -0.05) is 30.7 Å². The maximum absolute atomic E-state index is 10.1. The highest BCUT2D eigenvalue weighted by atomic mass is 16.1. The van der Waals surface area contributed by atoms with Crippen LogP contribution < -0.4 is 0 Å². The molecule has 0 amide bonds. The van der Waals surface area contributed by atoms with Crippen molar-refractivity contribution in [2.45, 2.75) is 33.1 Å². The van der Waals surface area contributed by atoms with Crippen molar-refractivity contribution in [2.75, 3.05) is 0 Å². The van der Waals surface area contributed by atoms with Crippen LogP contribution in [0.25, 0.3) is 0 Å². The summed E-state index contributed by atoms with van der Waals surface area (Å²) in [6, 6.07) is 0. The summed E-state index contributed by atoms with van der Waals surface area (Å²) in [5.74, 6) is 0. The maximum atomic E-state index is 10.1. The fourth-order valence-electron chi connectivity index (χ4n) is 0.955. The zero-order chi connectivity index (χ0) is 8.53. The van der Waals surface area contributed by atoms with E-state index < -0.39 is 0 Å². The molecule has 62 valence electrons. The Morgan fingerprint density at radius 3 is 2.64 bits per heavy atom. The molecule has 11 heavy (non-hydrogen) atoms. The second-order valence-corrected chi connectivity index (χ2v) is 2.39. The topological polar surface area (TPSA) is 17.1 Å². The standard InChI is InChI=1S/C10H16O/c1-3-6-10(7-4-2)8-5-9-11/h3,6-7,9H,4-5,8H2,1-2H3/b6-3-,10-7+. The Hall–Kier alpha value is -0.850. The first-order valence-corrected chi connectivity index (χ1v) is 4.10. The van der Waals surface area contributed by atoms with Crippen molar-refractivity contribution in [3.63, 3.8) is 0 Å². The lowest BCUT2D eigenvalue weighted by atomic mass is 10.1. The van der Waals surface area contributed by atoms with Gasteiger partial charge >= 0.3 is 0 Å². The number of rotatable bonds is 5. The summed E-state index contributed by atoms with van der Waals surface area (Å²) in [5, 5.41) is 0. The van der Waals surface area contributed by atoms with E-state index in [2.05, 4.69) is 19.1 Å². The average Bonchev–Trinajstić information content (AvgIpc) is 2.01. The van der Waals surface area contributed by atoms with Crippen LogP contribution >= 0.6 is 0 Å².